The van der Waals surface area contributed by atoms with Crippen LogP contribution in [0, 0.1) is 13.8 Å². The van der Waals surface area contributed by atoms with Crippen molar-refractivity contribution in [1.82, 2.24) is 0 Å². The lowest BCUT2D eigenvalue weighted by Gasteiger charge is -2.07. The van der Waals surface area contributed by atoms with Crippen LogP contribution in [0.5, 0.6) is 5.75 Å². The molecule has 184 valence electrons. The minimum absolute atomic E-state index is 0.173. The Kier molecular flexibility index (Phi) is 10.0. The van der Waals surface area contributed by atoms with E-state index in [0.717, 1.165) is 30.4 Å². The second-order valence-corrected chi connectivity index (χ2v) is 8.74. The molecule has 0 aliphatic rings. The first kappa shape index (κ1) is 26.4. The zero-order valence-corrected chi connectivity index (χ0v) is 20.8. The third kappa shape index (κ3) is 8.24. The van der Waals surface area contributed by atoms with E-state index in [2.05, 4.69) is 86.6 Å². The van der Waals surface area contributed by atoms with Gasteiger partial charge in [-0.2, -0.15) is 0 Å². The van der Waals surface area contributed by atoms with Gasteiger partial charge in [-0.15, -0.1) is 0 Å². The summed E-state index contributed by atoms with van der Waals surface area (Å²) in [5.41, 5.74) is 8.55. The van der Waals surface area contributed by atoms with Crippen molar-refractivity contribution < 1.29 is 19.4 Å². The number of carbonyl (C=O) groups is 2. The fourth-order valence-electron chi connectivity index (χ4n) is 3.85. The summed E-state index contributed by atoms with van der Waals surface area (Å²) in [5.74, 6) is 0.426. The first-order valence-corrected chi connectivity index (χ1v) is 12.1. The van der Waals surface area contributed by atoms with Crippen LogP contribution in [0.3, 0.4) is 0 Å². The molecular weight excluding hydrogens is 448 g/mol. The smallest absolute Gasteiger partial charge is 0.311 e. The molecule has 4 nitrogen and oxygen atoms in total. The van der Waals surface area contributed by atoms with Gasteiger partial charge in [-0.1, -0.05) is 96.1 Å². The van der Waals surface area contributed by atoms with Crippen LogP contribution >= 0.6 is 0 Å². The number of unbranched alkanes of at least 4 members (excludes halogenated alkanes) is 1. The maximum Gasteiger partial charge on any atom is 0.311 e. The van der Waals surface area contributed by atoms with Gasteiger partial charge in [0.05, 0.1) is 0 Å². The molecule has 4 rings (SSSR count). The van der Waals surface area contributed by atoms with Crippen LogP contribution in [-0.2, 0) is 16.0 Å². The minimum atomic E-state index is -0.250. The third-order valence-electron chi connectivity index (χ3n) is 5.91. The topological polar surface area (TPSA) is 63.6 Å². The standard InChI is InChI=1S/C31H30O2.CH2O2/c1-23-7-13-26(14-8-23)28-17-11-25(12-18-28)5-3-4-6-31(32)33-30-21-19-29(20-22-30)27-15-9-24(2)10-16-27;2-1-3/h7-22H,3-6H2,1-2H3;1H,(H,2,3). The normalized spacial score (nSPS) is 10.2. The average molecular weight is 481 g/mol. The Labute approximate surface area is 213 Å². The first-order chi connectivity index (χ1) is 17.5. The molecule has 0 saturated heterocycles. The number of hydrogen-bond acceptors (Lipinski definition) is 3. The number of ether oxygens (including phenoxy) is 1. The number of carboxylic acid groups (broad SMARTS) is 1. The van der Waals surface area contributed by atoms with Crippen LogP contribution in [0.25, 0.3) is 22.3 Å². The molecule has 0 radical (unpaired) electrons. The Morgan fingerprint density at radius 3 is 1.50 bits per heavy atom. The van der Waals surface area contributed by atoms with E-state index in [1.165, 1.54) is 27.8 Å². The molecule has 0 aliphatic carbocycles. The maximum absolute atomic E-state index is 12.2. The second kappa shape index (κ2) is 13.6. The summed E-state index contributed by atoms with van der Waals surface area (Å²) >= 11 is 0. The minimum Gasteiger partial charge on any atom is -0.483 e. The highest BCUT2D eigenvalue weighted by Crippen LogP contribution is 2.24. The van der Waals surface area contributed by atoms with Crippen LogP contribution in [0.15, 0.2) is 97.1 Å². The molecule has 0 atom stereocenters. The summed E-state index contributed by atoms with van der Waals surface area (Å²) < 4.78 is 5.51. The average Bonchev–Trinajstić information content (AvgIpc) is 2.89. The van der Waals surface area contributed by atoms with Crippen molar-refractivity contribution in [3.05, 3.63) is 114 Å². The molecule has 0 heterocycles. The van der Waals surface area contributed by atoms with Crippen molar-refractivity contribution in [2.24, 2.45) is 0 Å². The molecule has 0 bridgehead atoms. The van der Waals surface area contributed by atoms with Crippen molar-refractivity contribution in [2.75, 3.05) is 0 Å². The summed E-state index contributed by atoms with van der Waals surface area (Å²) in [6.07, 6.45) is 3.18. The van der Waals surface area contributed by atoms with Crippen molar-refractivity contribution >= 4 is 12.4 Å². The number of hydrogen-bond donors (Lipinski definition) is 1. The van der Waals surface area contributed by atoms with E-state index >= 15 is 0 Å². The molecule has 0 fully saturated rings. The fourth-order valence-corrected chi connectivity index (χ4v) is 3.85. The zero-order valence-electron chi connectivity index (χ0n) is 20.8. The summed E-state index contributed by atoms with van der Waals surface area (Å²) in [6.45, 7) is 3.93. The van der Waals surface area contributed by atoms with E-state index in [4.69, 9.17) is 14.6 Å². The van der Waals surface area contributed by atoms with E-state index < -0.39 is 0 Å². The van der Waals surface area contributed by atoms with Gasteiger partial charge in [0.25, 0.3) is 6.47 Å². The Balaban J connectivity index is 0.00000115. The van der Waals surface area contributed by atoms with Crippen molar-refractivity contribution in [3.63, 3.8) is 0 Å². The number of benzene rings is 4. The lowest BCUT2D eigenvalue weighted by molar-refractivity contribution is -0.134. The second-order valence-electron chi connectivity index (χ2n) is 8.74. The highest BCUT2D eigenvalue weighted by Gasteiger charge is 2.06. The predicted molar refractivity (Wildman–Crippen MR) is 145 cm³/mol. The molecule has 4 aromatic rings. The Bertz CT molecular complexity index is 1220. The third-order valence-corrected chi connectivity index (χ3v) is 5.91. The highest BCUT2D eigenvalue weighted by atomic mass is 16.5. The van der Waals surface area contributed by atoms with Crippen LogP contribution in [0.2, 0.25) is 0 Å². The van der Waals surface area contributed by atoms with Gasteiger partial charge >= 0.3 is 5.97 Å². The molecule has 0 aromatic heterocycles. The van der Waals surface area contributed by atoms with Crippen LogP contribution in [0.4, 0.5) is 0 Å². The Morgan fingerprint density at radius 1 is 0.667 bits per heavy atom. The van der Waals surface area contributed by atoms with Gasteiger partial charge in [0.1, 0.15) is 5.75 Å². The number of rotatable bonds is 8. The number of carbonyl (C=O) groups excluding carboxylic acids is 1. The molecule has 0 spiro atoms. The zero-order chi connectivity index (χ0) is 25.8. The molecule has 4 aromatic carbocycles. The lowest BCUT2D eigenvalue weighted by Crippen LogP contribution is -2.07. The van der Waals surface area contributed by atoms with Gasteiger partial charge in [0, 0.05) is 6.42 Å². The largest absolute Gasteiger partial charge is 0.483 e. The molecule has 0 amide bonds. The summed E-state index contributed by atoms with van der Waals surface area (Å²) in [6, 6.07) is 33.4. The first-order valence-electron chi connectivity index (χ1n) is 12.1. The van der Waals surface area contributed by atoms with E-state index in [1.807, 2.05) is 24.3 Å². The van der Waals surface area contributed by atoms with E-state index in [0.29, 0.717) is 12.2 Å². The Morgan fingerprint density at radius 2 is 1.06 bits per heavy atom. The Hall–Kier alpha value is -4.18. The summed E-state index contributed by atoms with van der Waals surface area (Å²) in [5, 5.41) is 6.89. The van der Waals surface area contributed by atoms with Gasteiger partial charge in [0.15, 0.2) is 0 Å². The molecule has 0 aliphatic heterocycles. The fraction of sp³-hybridized carbons (Fsp3) is 0.188. The molecule has 4 heteroatoms. The molecular formula is C32H32O4. The van der Waals surface area contributed by atoms with E-state index in [1.54, 1.807) is 0 Å². The van der Waals surface area contributed by atoms with E-state index in [9.17, 15) is 4.79 Å². The highest BCUT2D eigenvalue weighted by molar-refractivity contribution is 5.73. The van der Waals surface area contributed by atoms with E-state index in [-0.39, 0.29) is 12.4 Å². The molecule has 0 saturated carbocycles. The van der Waals surface area contributed by atoms with Gasteiger partial charge in [-0.05, 0) is 73.1 Å². The van der Waals surface area contributed by atoms with Gasteiger partial charge in [0.2, 0.25) is 0 Å². The maximum atomic E-state index is 12.2. The summed E-state index contributed by atoms with van der Waals surface area (Å²) in [4.78, 5) is 20.6. The number of aryl methyl sites for hydroxylation is 3. The van der Waals surface area contributed by atoms with Gasteiger partial charge in [-0.3, -0.25) is 9.59 Å². The lowest BCUT2D eigenvalue weighted by atomic mass is 10.0. The monoisotopic (exact) mass is 480 g/mol. The number of esters is 1. The summed E-state index contributed by atoms with van der Waals surface area (Å²) in [7, 11) is 0. The molecule has 1 N–H and O–H groups in total. The molecule has 36 heavy (non-hydrogen) atoms. The quantitative estimate of drug-likeness (QED) is 0.122. The van der Waals surface area contributed by atoms with Crippen molar-refractivity contribution in [3.8, 4) is 28.0 Å². The van der Waals surface area contributed by atoms with Crippen LogP contribution in [-0.4, -0.2) is 17.5 Å². The van der Waals surface area contributed by atoms with Crippen molar-refractivity contribution in [2.45, 2.75) is 39.5 Å². The van der Waals surface area contributed by atoms with Gasteiger partial charge in [-0.25, -0.2) is 0 Å². The van der Waals surface area contributed by atoms with Crippen LogP contribution < -0.4 is 4.74 Å². The van der Waals surface area contributed by atoms with Gasteiger partial charge < -0.3 is 9.84 Å². The predicted octanol–water partition coefficient (Wildman–Crippen LogP) is 7.66. The molecule has 0 unspecified atom stereocenters. The van der Waals surface area contributed by atoms with Crippen molar-refractivity contribution in [1.29, 1.82) is 0 Å². The van der Waals surface area contributed by atoms with Crippen LogP contribution in [0.1, 0.15) is 36.0 Å². The SMILES string of the molecule is Cc1ccc(-c2ccc(CCCCC(=O)Oc3ccc(-c4ccc(C)cc4)cc3)cc2)cc1.O=CO.